The van der Waals surface area contributed by atoms with Crippen LogP contribution in [0.25, 0.3) is 10.8 Å². The number of hydrogen-bond acceptors (Lipinski definition) is 3. The predicted octanol–water partition coefficient (Wildman–Crippen LogP) is 3.47. The van der Waals surface area contributed by atoms with Crippen LogP contribution >= 0.6 is 0 Å². The molecule has 0 saturated heterocycles. The number of fused-ring (bicyclic) bond motifs is 3. The molecule has 0 fully saturated rings. The van der Waals surface area contributed by atoms with Gasteiger partial charge in [-0.15, -0.1) is 0 Å². The van der Waals surface area contributed by atoms with E-state index >= 15 is 0 Å². The summed E-state index contributed by atoms with van der Waals surface area (Å²) in [6, 6.07) is 8.63. The van der Waals surface area contributed by atoms with Crippen LogP contribution in [0, 0.1) is 0 Å². The molecule has 0 saturated carbocycles. The van der Waals surface area contributed by atoms with E-state index in [-0.39, 0.29) is 10.3 Å². The van der Waals surface area contributed by atoms with Gasteiger partial charge in [0, 0.05) is 16.5 Å². The molecule has 0 aliphatic carbocycles. The van der Waals surface area contributed by atoms with Crippen molar-refractivity contribution in [2.45, 2.75) is 31.1 Å². The maximum Gasteiger partial charge on any atom is 0.295 e. The average molecular weight is 289 g/mol. The second kappa shape index (κ2) is 3.90. The highest BCUT2D eigenvalue weighted by Gasteiger charge is 2.35. The molecule has 1 N–H and O–H groups in total. The summed E-state index contributed by atoms with van der Waals surface area (Å²) in [7, 11) is -4.27. The number of rotatable bonds is 1. The smallest absolute Gasteiger partial charge is 0.282 e. The zero-order valence-electron chi connectivity index (χ0n) is 11.5. The van der Waals surface area contributed by atoms with Crippen LogP contribution in [0.1, 0.15) is 26.3 Å². The molecule has 20 heavy (non-hydrogen) atoms. The Balaban J connectivity index is 2.54. The summed E-state index contributed by atoms with van der Waals surface area (Å²) in [5.74, 6) is 0. The van der Waals surface area contributed by atoms with Crippen LogP contribution < -0.4 is 0 Å². The Labute approximate surface area is 117 Å². The number of hydrogen-bond donors (Lipinski definition) is 1. The van der Waals surface area contributed by atoms with Gasteiger partial charge in [-0.3, -0.25) is 9.55 Å². The Morgan fingerprint density at radius 2 is 1.85 bits per heavy atom. The molecule has 2 aromatic rings. The maximum absolute atomic E-state index is 11.7. The highest BCUT2D eigenvalue weighted by molar-refractivity contribution is 7.86. The van der Waals surface area contributed by atoms with E-state index in [1.54, 1.807) is 6.07 Å². The van der Waals surface area contributed by atoms with Crippen LogP contribution in [0.5, 0.6) is 0 Å². The maximum atomic E-state index is 11.7. The van der Waals surface area contributed by atoms with E-state index in [2.05, 4.69) is 4.99 Å². The van der Waals surface area contributed by atoms with Gasteiger partial charge in [0.2, 0.25) is 0 Å². The van der Waals surface area contributed by atoms with Gasteiger partial charge in [0.25, 0.3) is 10.1 Å². The largest absolute Gasteiger partial charge is 0.295 e. The zero-order valence-corrected chi connectivity index (χ0v) is 12.3. The van der Waals surface area contributed by atoms with Crippen molar-refractivity contribution < 1.29 is 13.0 Å². The number of aliphatic imine (C=N–C) groups is 1. The van der Waals surface area contributed by atoms with Gasteiger partial charge in [0.15, 0.2) is 0 Å². The molecule has 5 heteroatoms. The Morgan fingerprint density at radius 1 is 1.15 bits per heavy atom. The van der Waals surface area contributed by atoms with Crippen LogP contribution in [0.2, 0.25) is 0 Å². The molecule has 0 unspecified atom stereocenters. The van der Waals surface area contributed by atoms with Gasteiger partial charge in [-0.1, -0.05) is 32.0 Å². The molecular weight excluding hydrogens is 274 g/mol. The van der Waals surface area contributed by atoms with E-state index in [0.29, 0.717) is 5.39 Å². The second-order valence-corrected chi connectivity index (χ2v) is 7.00. The molecule has 1 heterocycles. The summed E-state index contributed by atoms with van der Waals surface area (Å²) in [6.07, 6.45) is 0. The SMILES string of the molecule is CC1=Nc2ccc3cccc(S(=O)(=O)O)c3c2C1(C)C. The fourth-order valence-corrected chi connectivity index (χ4v) is 3.51. The number of benzene rings is 2. The van der Waals surface area contributed by atoms with Gasteiger partial charge in [-0.05, 0) is 30.0 Å². The quantitative estimate of drug-likeness (QED) is 0.817. The Kier molecular flexibility index (Phi) is 2.59. The molecule has 1 aliphatic rings. The van der Waals surface area contributed by atoms with Crippen LogP contribution in [-0.2, 0) is 15.5 Å². The van der Waals surface area contributed by atoms with Crippen LogP contribution in [0.4, 0.5) is 5.69 Å². The standard InChI is InChI=1S/C15H15NO3S/c1-9-15(2,3)14-11(16-9)8-7-10-5-4-6-12(13(10)14)20(17,18)19/h4-8H,1-3H3,(H,17,18,19). The first kappa shape index (κ1) is 13.3. The van der Waals surface area contributed by atoms with Gasteiger partial charge in [-0.25, -0.2) is 0 Å². The van der Waals surface area contributed by atoms with Gasteiger partial charge < -0.3 is 0 Å². The summed E-state index contributed by atoms with van der Waals surface area (Å²) in [6.45, 7) is 5.96. The van der Waals surface area contributed by atoms with E-state index in [4.69, 9.17) is 0 Å². The lowest BCUT2D eigenvalue weighted by Gasteiger charge is -2.22. The summed E-state index contributed by atoms with van der Waals surface area (Å²) in [4.78, 5) is 4.47. The minimum absolute atomic E-state index is 0.0511. The van der Waals surface area contributed by atoms with Crippen molar-refractivity contribution in [1.82, 2.24) is 0 Å². The molecule has 0 atom stereocenters. The van der Waals surface area contributed by atoms with Gasteiger partial charge in [0.1, 0.15) is 4.90 Å². The molecule has 2 aromatic carbocycles. The third-order valence-electron chi connectivity index (χ3n) is 4.08. The van der Waals surface area contributed by atoms with E-state index in [0.717, 1.165) is 22.3 Å². The topological polar surface area (TPSA) is 66.7 Å². The van der Waals surface area contributed by atoms with Crippen molar-refractivity contribution in [3.05, 3.63) is 35.9 Å². The molecular formula is C15H15NO3S. The summed E-state index contributed by atoms with van der Waals surface area (Å²) in [5.41, 5.74) is 2.22. The fraction of sp³-hybridized carbons (Fsp3) is 0.267. The van der Waals surface area contributed by atoms with Crippen molar-refractivity contribution in [3.63, 3.8) is 0 Å². The van der Waals surface area contributed by atoms with Crippen molar-refractivity contribution in [2.75, 3.05) is 0 Å². The normalized spacial score (nSPS) is 17.1. The van der Waals surface area contributed by atoms with Crippen LogP contribution in [0.15, 0.2) is 40.2 Å². The fourth-order valence-electron chi connectivity index (χ4n) is 2.78. The molecule has 0 radical (unpaired) electrons. The second-order valence-electron chi connectivity index (χ2n) is 5.61. The predicted molar refractivity (Wildman–Crippen MR) is 79.6 cm³/mol. The molecule has 104 valence electrons. The molecule has 3 rings (SSSR count). The molecule has 0 bridgehead atoms. The molecule has 0 spiro atoms. The van der Waals surface area contributed by atoms with Gasteiger partial charge in [0.05, 0.1) is 5.69 Å². The summed E-state index contributed by atoms with van der Waals surface area (Å²) >= 11 is 0. The van der Waals surface area contributed by atoms with E-state index in [1.165, 1.54) is 6.07 Å². The minimum Gasteiger partial charge on any atom is -0.282 e. The molecule has 4 nitrogen and oxygen atoms in total. The molecule has 0 aromatic heterocycles. The third-order valence-corrected chi connectivity index (χ3v) is 4.98. The van der Waals surface area contributed by atoms with Gasteiger partial charge in [-0.2, -0.15) is 8.42 Å². The number of nitrogens with zero attached hydrogens (tertiary/aromatic N) is 1. The Hall–Kier alpha value is -1.72. The lowest BCUT2D eigenvalue weighted by molar-refractivity contribution is 0.484. The van der Waals surface area contributed by atoms with Crippen molar-refractivity contribution in [3.8, 4) is 0 Å². The van der Waals surface area contributed by atoms with Crippen molar-refractivity contribution in [2.24, 2.45) is 4.99 Å². The van der Waals surface area contributed by atoms with Crippen LogP contribution in [-0.4, -0.2) is 18.7 Å². The highest BCUT2D eigenvalue weighted by Crippen LogP contribution is 2.45. The lowest BCUT2D eigenvalue weighted by Crippen LogP contribution is -2.23. The Bertz CT molecular complexity index is 864. The third kappa shape index (κ3) is 1.70. The first-order chi connectivity index (χ1) is 9.23. The van der Waals surface area contributed by atoms with E-state index in [9.17, 15) is 13.0 Å². The van der Waals surface area contributed by atoms with Crippen molar-refractivity contribution in [1.29, 1.82) is 0 Å². The first-order valence-electron chi connectivity index (χ1n) is 6.32. The van der Waals surface area contributed by atoms with Gasteiger partial charge >= 0.3 is 0 Å². The highest BCUT2D eigenvalue weighted by atomic mass is 32.2. The lowest BCUT2D eigenvalue weighted by atomic mass is 9.80. The monoisotopic (exact) mass is 289 g/mol. The average Bonchev–Trinajstić information content (AvgIpc) is 2.58. The van der Waals surface area contributed by atoms with E-state index in [1.807, 2.05) is 39.0 Å². The molecule has 0 amide bonds. The zero-order chi connectivity index (χ0) is 14.7. The Morgan fingerprint density at radius 3 is 2.50 bits per heavy atom. The van der Waals surface area contributed by atoms with Crippen molar-refractivity contribution >= 4 is 32.3 Å². The molecule has 1 aliphatic heterocycles. The summed E-state index contributed by atoms with van der Waals surface area (Å²) in [5, 5.41) is 1.36. The van der Waals surface area contributed by atoms with E-state index < -0.39 is 10.1 Å². The van der Waals surface area contributed by atoms with Crippen LogP contribution in [0.3, 0.4) is 0 Å². The minimum atomic E-state index is -4.27. The summed E-state index contributed by atoms with van der Waals surface area (Å²) < 4.78 is 32.8. The first-order valence-corrected chi connectivity index (χ1v) is 7.76.